The van der Waals surface area contributed by atoms with Gasteiger partial charge in [0.05, 0.1) is 23.5 Å². The van der Waals surface area contributed by atoms with Gasteiger partial charge >= 0.3 is 0 Å². The Kier molecular flexibility index (Phi) is 5.48. The van der Waals surface area contributed by atoms with Crippen LogP contribution in [0.5, 0.6) is 0 Å². The van der Waals surface area contributed by atoms with Crippen molar-refractivity contribution in [1.29, 1.82) is 0 Å². The Morgan fingerprint density at radius 1 is 1.06 bits per heavy atom. The van der Waals surface area contributed by atoms with E-state index in [9.17, 15) is 0 Å². The molecule has 2 aromatic rings. The zero-order valence-corrected chi connectivity index (χ0v) is 19.0. The van der Waals surface area contributed by atoms with Gasteiger partial charge in [-0.3, -0.25) is 14.3 Å². The van der Waals surface area contributed by atoms with E-state index in [-0.39, 0.29) is 0 Å². The van der Waals surface area contributed by atoms with Crippen LogP contribution in [-0.2, 0) is 0 Å². The van der Waals surface area contributed by atoms with E-state index in [2.05, 4.69) is 64.5 Å². The van der Waals surface area contributed by atoms with Crippen molar-refractivity contribution >= 4 is 23.4 Å². The van der Waals surface area contributed by atoms with Crippen LogP contribution in [0.15, 0.2) is 35.5 Å². The second-order valence-corrected chi connectivity index (χ2v) is 9.51. The average Bonchev–Trinajstić information content (AvgIpc) is 3.22. The van der Waals surface area contributed by atoms with Gasteiger partial charge in [-0.05, 0) is 57.5 Å². The van der Waals surface area contributed by atoms with Crippen molar-refractivity contribution in [2.45, 2.75) is 44.3 Å². The van der Waals surface area contributed by atoms with Crippen LogP contribution in [0.3, 0.4) is 0 Å². The molecule has 2 fully saturated rings. The average molecular weight is 422 g/mol. The van der Waals surface area contributed by atoms with Gasteiger partial charge in [-0.15, -0.1) is 0 Å². The van der Waals surface area contributed by atoms with Crippen LogP contribution in [-0.4, -0.2) is 77.8 Å². The highest BCUT2D eigenvalue weighted by Gasteiger charge is 2.37. The zero-order valence-electron chi connectivity index (χ0n) is 19.0. The number of rotatable bonds is 3. The maximum absolute atomic E-state index is 6.37. The number of dihydropyridines is 1. The first-order valence-electron chi connectivity index (χ1n) is 11.7. The molecule has 4 atom stereocenters. The van der Waals surface area contributed by atoms with Gasteiger partial charge in [0, 0.05) is 44.6 Å². The number of aliphatic imine (C=N–C) groups is 1. The topological polar surface area (TPSA) is 65.4 Å². The van der Waals surface area contributed by atoms with Crippen molar-refractivity contribution in [3.63, 3.8) is 0 Å². The number of hydrogen-bond acceptors (Lipinski definition) is 6. The molecule has 2 aromatic heterocycles. The molecule has 3 aliphatic heterocycles. The highest BCUT2D eigenvalue weighted by Crippen LogP contribution is 2.37. The predicted molar refractivity (Wildman–Crippen MR) is 128 cm³/mol. The van der Waals surface area contributed by atoms with Gasteiger partial charge in [-0.25, -0.2) is 4.98 Å². The van der Waals surface area contributed by atoms with Crippen LogP contribution in [0.4, 0.5) is 11.5 Å². The van der Waals surface area contributed by atoms with Gasteiger partial charge in [0.25, 0.3) is 0 Å². The Hall–Kier alpha value is -2.38. The molecule has 0 bridgehead atoms. The number of pyridine rings is 1. The number of hydrogen-bond donors (Lipinski definition) is 1. The summed E-state index contributed by atoms with van der Waals surface area (Å²) >= 11 is 0. The maximum atomic E-state index is 6.37. The first kappa shape index (κ1) is 20.5. The van der Waals surface area contributed by atoms with Crippen LogP contribution >= 0.6 is 0 Å². The lowest BCUT2D eigenvalue weighted by Crippen LogP contribution is -2.47. The molecule has 0 aromatic carbocycles. The predicted octanol–water partition coefficient (Wildman–Crippen LogP) is 2.84. The summed E-state index contributed by atoms with van der Waals surface area (Å²) < 4.78 is 2.22. The molecule has 3 aliphatic rings. The lowest BCUT2D eigenvalue weighted by atomic mass is 9.84. The number of piperazine rings is 1. The number of nitrogens with zero attached hydrogens (tertiary/aromatic N) is 6. The van der Waals surface area contributed by atoms with Crippen LogP contribution in [0.2, 0.25) is 0 Å². The molecule has 7 heteroatoms. The third-order valence-corrected chi connectivity index (χ3v) is 7.49. The summed E-state index contributed by atoms with van der Waals surface area (Å²) in [6, 6.07) is 5.22. The minimum absolute atomic E-state index is 0.298. The summed E-state index contributed by atoms with van der Waals surface area (Å²) in [6.45, 7) is 6.49. The summed E-state index contributed by atoms with van der Waals surface area (Å²) in [6.07, 6.45) is 12.1. The second-order valence-electron chi connectivity index (χ2n) is 9.51. The fourth-order valence-corrected chi connectivity index (χ4v) is 5.55. The molecular weight excluding hydrogens is 386 g/mol. The van der Waals surface area contributed by atoms with Crippen LogP contribution < -0.4 is 10.6 Å². The highest BCUT2D eigenvalue weighted by atomic mass is 15.3. The van der Waals surface area contributed by atoms with E-state index < -0.39 is 0 Å². The molecule has 2 unspecified atom stereocenters. The molecule has 0 aliphatic carbocycles. The Morgan fingerprint density at radius 3 is 2.65 bits per heavy atom. The summed E-state index contributed by atoms with van der Waals surface area (Å²) in [7, 11) is 4.44. The molecule has 0 spiro atoms. The number of nitrogens with two attached hydrogens (primary N) is 1. The third kappa shape index (κ3) is 3.74. The molecule has 0 saturated carbocycles. The quantitative estimate of drug-likeness (QED) is 0.826. The number of nitrogen functional groups attached to an aromatic ring is 1. The summed E-state index contributed by atoms with van der Waals surface area (Å²) in [5.41, 5.74) is 9.12. The van der Waals surface area contributed by atoms with Crippen LogP contribution in [0.25, 0.3) is 5.65 Å². The molecule has 2 N–H and O–H groups in total. The number of aromatic nitrogens is 2. The Labute approximate surface area is 185 Å². The minimum atomic E-state index is 0.298. The van der Waals surface area contributed by atoms with Gasteiger partial charge in [0.1, 0.15) is 5.82 Å². The van der Waals surface area contributed by atoms with E-state index in [0.29, 0.717) is 24.0 Å². The number of likely N-dealkylation sites (N-methyl/N-ethyl adjacent to an activating group) is 2. The lowest BCUT2D eigenvalue weighted by molar-refractivity contribution is 0.0860. The first-order chi connectivity index (χ1) is 15.0. The fraction of sp³-hybridized carbons (Fsp3) is 0.583. The lowest BCUT2D eigenvalue weighted by Gasteiger charge is -2.43. The molecular formula is C24H35N7. The Bertz CT molecular complexity index is 985. The van der Waals surface area contributed by atoms with Crippen molar-refractivity contribution in [3.05, 3.63) is 36.2 Å². The van der Waals surface area contributed by atoms with Gasteiger partial charge in [0.15, 0.2) is 5.65 Å². The highest BCUT2D eigenvalue weighted by molar-refractivity contribution is 5.72. The maximum Gasteiger partial charge on any atom is 0.161 e. The van der Waals surface area contributed by atoms with Crippen LogP contribution in [0, 0.1) is 5.92 Å². The molecule has 2 saturated heterocycles. The molecule has 5 rings (SSSR count). The molecule has 31 heavy (non-hydrogen) atoms. The van der Waals surface area contributed by atoms with Gasteiger partial charge in [0.2, 0.25) is 0 Å². The van der Waals surface area contributed by atoms with Gasteiger partial charge in [-0.2, -0.15) is 0 Å². The SMILES string of the molecule is CC1C=CC=NC1[C@H]1CCC[C@@H](c2cn3c(N4CCN(C)CC4)ccc(N)c3n2)N1C. The summed E-state index contributed by atoms with van der Waals surface area (Å²) in [5.74, 6) is 1.67. The van der Waals surface area contributed by atoms with Crippen molar-refractivity contribution in [3.8, 4) is 0 Å². The van der Waals surface area contributed by atoms with E-state index in [1.165, 1.54) is 18.7 Å². The van der Waals surface area contributed by atoms with E-state index >= 15 is 0 Å². The van der Waals surface area contributed by atoms with Crippen molar-refractivity contribution in [2.75, 3.05) is 50.9 Å². The normalized spacial score (nSPS) is 30.4. The standard InChI is InChI=1S/C24H35N7/c1-17-6-5-11-26-23(17)21-8-4-7-20(29(21)3)19-16-31-22(10-9-18(25)24(31)27-19)30-14-12-28(2)13-15-30/h5-6,9-11,16-17,20-21,23H,4,7-8,12-15,25H2,1-3H3/t17?,20-,21+,23?/m0/s1. The summed E-state index contributed by atoms with van der Waals surface area (Å²) in [5, 5.41) is 0. The number of anilines is 2. The van der Waals surface area contributed by atoms with Gasteiger partial charge < -0.3 is 15.5 Å². The third-order valence-electron chi connectivity index (χ3n) is 7.49. The molecule has 5 heterocycles. The van der Waals surface area contributed by atoms with Crippen molar-refractivity contribution < 1.29 is 0 Å². The van der Waals surface area contributed by atoms with Crippen LogP contribution in [0.1, 0.15) is 37.9 Å². The molecule has 0 amide bonds. The molecule has 166 valence electrons. The molecule has 7 nitrogen and oxygen atoms in total. The second kappa shape index (κ2) is 8.28. The Balaban J connectivity index is 1.46. The van der Waals surface area contributed by atoms with Gasteiger partial charge in [-0.1, -0.05) is 13.0 Å². The Morgan fingerprint density at radius 2 is 1.87 bits per heavy atom. The van der Waals surface area contributed by atoms with E-state index in [4.69, 9.17) is 15.7 Å². The number of likely N-dealkylation sites (tertiary alicyclic amines) is 1. The smallest absolute Gasteiger partial charge is 0.161 e. The minimum Gasteiger partial charge on any atom is -0.396 e. The first-order valence-corrected chi connectivity index (χ1v) is 11.7. The van der Waals surface area contributed by atoms with Crippen molar-refractivity contribution in [1.82, 2.24) is 19.2 Å². The number of piperidine rings is 1. The number of imidazole rings is 1. The van der Waals surface area contributed by atoms with E-state index in [0.717, 1.165) is 49.6 Å². The zero-order chi connectivity index (χ0) is 21.5. The fourth-order valence-electron chi connectivity index (χ4n) is 5.55. The monoisotopic (exact) mass is 421 g/mol. The largest absolute Gasteiger partial charge is 0.396 e. The number of fused-ring (bicyclic) bond motifs is 1. The summed E-state index contributed by atoms with van der Waals surface area (Å²) in [4.78, 5) is 17.3. The van der Waals surface area contributed by atoms with Crippen molar-refractivity contribution in [2.24, 2.45) is 10.9 Å². The number of allylic oxidation sites excluding steroid dienone is 1. The molecule has 0 radical (unpaired) electrons. The van der Waals surface area contributed by atoms with E-state index in [1.807, 2.05) is 12.3 Å². The van der Waals surface area contributed by atoms with E-state index in [1.54, 1.807) is 0 Å².